The van der Waals surface area contributed by atoms with Crippen LogP contribution in [0.5, 0.6) is 0 Å². The molecule has 1 N–H and O–H groups in total. The molecule has 0 bridgehead atoms. The Hall–Kier alpha value is -0.0400. The van der Waals surface area contributed by atoms with Gasteiger partial charge in [0.25, 0.3) is 0 Å². The lowest BCUT2D eigenvalue weighted by molar-refractivity contribution is 0.155. The monoisotopic (exact) mass is 169 g/mol. The van der Waals surface area contributed by atoms with E-state index in [4.69, 9.17) is 0 Å². The Bertz CT molecular complexity index is 120. The molecule has 0 aliphatic heterocycles. The first kappa shape index (κ1) is 10.0. The fourth-order valence-electron chi connectivity index (χ4n) is 2.10. The SMILES string of the molecule is CNCC1CCC1CCC(C)C. The van der Waals surface area contributed by atoms with Gasteiger partial charge in [-0.15, -0.1) is 0 Å². The van der Waals surface area contributed by atoms with Crippen molar-refractivity contribution < 1.29 is 0 Å². The molecule has 2 unspecified atom stereocenters. The van der Waals surface area contributed by atoms with E-state index < -0.39 is 0 Å². The number of hydrogen-bond acceptors (Lipinski definition) is 1. The average Bonchev–Trinajstić information content (AvgIpc) is 1.98. The van der Waals surface area contributed by atoms with E-state index in [1.54, 1.807) is 0 Å². The maximum atomic E-state index is 3.29. The highest BCUT2D eigenvalue weighted by molar-refractivity contribution is 4.81. The molecule has 1 aliphatic rings. The fraction of sp³-hybridized carbons (Fsp3) is 1.00. The van der Waals surface area contributed by atoms with E-state index >= 15 is 0 Å². The van der Waals surface area contributed by atoms with Gasteiger partial charge in [0, 0.05) is 0 Å². The molecule has 0 spiro atoms. The molecule has 0 saturated heterocycles. The van der Waals surface area contributed by atoms with Crippen molar-refractivity contribution in [1.29, 1.82) is 0 Å². The molecule has 1 nitrogen and oxygen atoms in total. The van der Waals surface area contributed by atoms with E-state index in [0.29, 0.717) is 0 Å². The van der Waals surface area contributed by atoms with Crippen LogP contribution in [-0.2, 0) is 0 Å². The maximum Gasteiger partial charge on any atom is -0.00209 e. The van der Waals surface area contributed by atoms with Gasteiger partial charge in [0.2, 0.25) is 0 Å². The molecule has 1 heteroatoms. The van der Waals surface area contributed by atoms with Crippen LogP contribution in [0.4, 0.5) is 0 Å². The van der Waals surface area contributed by atoms with E-state index in [0.717, 1.165) is 17.8 Å². The zero-order valence-electron chi connectivity index (χ0n) is 8.77. The van der Waals surface area contributed by atoms with E-state index in [1.165, 1.54) is 32.2 Å². The van der Waals surface area contributed by atoms with Crippen molar-refractivity contribution in [2.75, 3.05) is 13.6 Å². The molecule has 2 atom stereocenters. The summed E-state index contributed by atoms with van der Waals surface area (Å²) < 4.78 is 0. The van der Waals surface area contributed by atoms with Crippen LogP contribution in [-0.4, -0.2) is 13.6 Å². The Morgan fingerprint density at radius 1 is 1.25 bits per heavy atom. The number of rotatable bonds is 5. The van der Waals surface area contributed by atoms with Gasteiger partial charge in [-0.2, -0.15) is 0 Å². The molecular formula is C11H23N. The normalized spacial score (nSPS) is 29.0. The first-order chi connectivity index (χ1) is 5.74. The minimum atomic E-state index is 0.890. The molecule has 0 radical (unpaired) electrons. The first-order valence-corrected chi connectivity index (χ1v) is 5.38. The third kappa shape index (κ3) is 2.78. The Morgan fingerprint density at radius 2 is 1.92 bits per heavy atom. The topological polar surface area (TPSA) is 12.0 Å². The summed E-state index contributed by atoms with van der Waals surface area (Å²) in [6.45, 7) is 5.89. The quantitative estimate of drug-likeness (QED) is 0.667. The minimum absolute atomic E-state index is 0.890. The molecule has 1 aliphatic carbocycles. The van der Waals surface area contributed by atoms with Crippen molar-refractivity contribution in [3.05, 3.63) is 0 Å². The van der Waals surface area contributed by atoms with Gasteiger partial charge in [-0.25, -0.2) is 0 Å². The highest BCUT2D eigenvalue weighted by atomic mass is 14.8. The van der Waals surface area contributed by atoms with Crippen molar-refractivity contribution in [1.82, 2.24) is 5.32 Å². The summed E-state index contributed by atoms with van der Waals surface area (Å²) in [5.74, 6) is 2.93. The summed E-state index contributed by atoms with van der Waals surface area (Å²) in [6, 6.07) is 0. The second-order valence-corrected chi connectivity index (χ2v) is 4.63. The van der Waals surface area contributed by atoms with Crippen LogP contribution in [0.2, 0.25) is 0 Å². The Balaban J connectivity index is 2.08. The van der Waals surface area contributed by atoms with Gasteiger partial charge < -0.3 is 5.32 Å². The Morgan fingerprint density at radius 3 is 2.33 bits per heavy atom. The van der Waals surface area contributed by atoms with Gasteiger partial charge in [0.05, 0.1) is 0 Å². The van der Waals surface area contributed by atoms with Crippen molar-refractivity contribution in [3.63, 3.8) is 0 Å². The number of nitrogens with one attached hydrogen (secondary N) is 1. The van der Waals surface area contributed by atoms with Crippen LogP contribution in [0.25, 0.3) is 0 Å². The summed E-state index contributed by atoms with van der Waals surface area (Å²) in [4.78, 5) is 0. The van der Waals surface area contributed by atoms with Crippen LogP contribution in [0.15, 0.2) is 0 Å². The average molecular weight is 169 g/mol. The van der Waals surface area contributed by atoms with Gasteiger partial charge in [0.1, 0.15) is 0 Å². The van der Waals surface area contributed by atoms with E-state index in [1.807, 2.05) is 0 Å². The molecule has 0 aromatic rings. The summed E-state index contributed by atoms with van der Waals surface area (Å²) in [5, 5.41) is 3.29. The van der Waals surface area contributed by atoms with Gasteiger partial charge in [-0.3, -0.25) is 0 Å². The molecule has 0 amide bonds. The van der Waals surface area contributed by atoms with Crippen LogP contribution >= 0.6 is 0 Å². The molecule has 12 heavy (non-hydrogen) atoms. The predicted octanol–water partition coefficient (Wildman–Crippen LogP) is 2.67. The predicted molar refractivity (Wildman–Crippen MR) is 54.2 cm³/mol. The van der Waals surface area contributed by atoms with Gasteiger partial charge in [0.15, 0.2) is 0 Å². The van der Waals surface area contributed by atoms with E-state index in [-0.39, 0.29) is 0 Å². The third-order valence-corrected chi connectivity index (χ3v) is 3.16. The van der Waals surface area contributed by atoms with Crippen LogP contribution in [0.1, 0.15) is 39.5 Å². The summed E-state index contributed by atoms with van der Waals surface area (Å²) in [5.41, 5.74) is 0. The van der Waals surface area contributed by atoms with Crippen LogP contribution in [0, 0.1) is 17.8 Å². The largest absolute Gasteiger partial charge is 0.319 e. The van der Waals surface area contributed by atoms with Gasteiger partial charge in [-0.05, 0) is 50.6 Å². The van der Waals surface area contributed by atoms with E-state index in [2.05, 4.69) is 26.2 Å². The molecular weight excluding hydrogens is 146 g/mol. The summed E-state index contributed by atoms with van der Waals surface area (Å²) >= 11 is 0. The van der Waals surface area contributed by atoms with Gasteiger partial charge >= 0.3 is 0 Å². The molecule has 0 heterocycles. The molecule has 72 valence electrons. The molecule has 0 aromatic carbocycles. The zero-order chi connectivity index (χ0) is 8.97. The molecule has 1 rings (SSSR count). The highest BCUT2D eigenvalue weighted by Gasteiger charge is 2.29. The third-order valence-electron chi connectivity index (χ3n) is 3.16. The lowest BCUT2D eigenvalue weighted by atomic mass is 9.71. The molecule has 0 aromatic heterocycles. The van der Waals surface area contributed by atoms with Crippen molar-refractivity contribution in [3.8, 4) is 0 Å². The highest BCUT2D eigenvalue weighted by Crippen LogP contribution is 2.37. The Labute approximate surface area is 76.9 Å². The molecule has 1 saturated carbocycles. The van der Waals surface area contributed by atoms with Crippen molar-refractivity contribution in [2.45, 2.75) is 39.5 Å². The maximum absolute atomic E-state index is 3.29. The zero-order valence-corrected chi connectivity index (χ0v) is 8.77. The van der Waals surface area contributed by atoms with Crippen molar-refractivity contribution in [2.24, 2.45) is 17.8 Å². The van der Waals surface area contributed by atoms with E-state index in [9.17, 15) is 0 Å². The van der Waals surface area contributed by atoms with Gasteiger partial charge in [-0.1, -0.05) is 20.3 Å². The summed E-state index contributed by atoms with van der Waals surface area (Å²) in [6.07, 6.45) is 5.83. The lowest BCUT2D eigenvalue weighted by Crippen LogP contribution is -2.33. The second kappa shape index (κ2) is 4.86. The minimum Gasteiger partial charge on any atom is -0.319 e. The Kier molecular flexibility index (Phi) is 4.07. The molecule has 1 fully saturated rings. The first-order valence-electron chi connectivity index (χ1n) is 5.38. The second-order valence-electron chi connectivity index (χ2n) is 4.63. The smallest absolute Gasteiger partial charge is 0.00209 e. The fourth-order valence-corrected chi connectivity index (χ4v) is 2.10. The summed E-state index contributed by atoms with van der Waals surface area (Å²) in [7, 11) is 2.07. The van der Waals surface area contributed by atoms with Crippen LogP contribution < -0.4 is 5.32 Å². The van der Waals surface area contributed by atoms with Crippen molar-refractivity contribution >= 4 is 0 Å². The standard InChI is InChI=1S/C11H23N/c1-9(2)4-5-10-6-7-11(10)8-12-3/h9-12H,4-8H2,1-3H3. The van der Waals surface area contributed by atoms with Crippen LogP contribution in [0.3, 0.4) is 0 Å². The number of hydrogen-bond donors (Lipinski definition) is 1. The lowest BCUT2D eigenvalue weighted by Gasteiger charge is -2.37.